The number of nitrogens with zero attached hydrogens (tertiary/aromatic N) is 5. The number of hydrogen-bond acceptors (Lipinski definition) is 9. The second-order valence-electron chi connectivity index (χ2n) is 9.24. The van der Waals surface area contributed by atoms with Gasteiger partial charge in [0.05, 0.1) is 20.4 Å². The summed E-state index contributed by atoms with van der Waals surface area (Å²) >= 11 is 1.36. The molecule has 0 unspecified atom stereocenters. The minimum atomic E-state index is 0.211. The van der Waals surface area contributed by atoms with Crippen LogP contribution < -0.4 is 19.1 Å². The van der Waals surface area contributed by atoms with Crippen LogP contribution in [0.25, 0.3) is 27.4 Å². The van der Waals surface area contributed by atoms with Gasteiger partial charge in [-0.1, -0.05) is 13.0 Å². The first-order chi connectivity index (χ1) is 19.0. The molecule has 5 aromatic rings. The summed E-state index contributed by atoms with van der Waals surface area (Å²) in [5, 5.41) is 5.83. The van der Waals surface area contributed by atoms with Crippen molar-refractivity contribution in [3.63, 3.8) is 0 Å². The van der Waals surface area contributed by atoms with E-state index in [4.69, 9.17) is 18.6 Å². The maximum Gasteiger partial charge on any atom is 0.294 e. The molecule has 202 valence electrons. The van der Waals surface area contributed by atoms with Crippen LogP contribution in [0, 0.1) is 0 Å². The molecule has 1 fully saturated rings. The normalized spacial score (nSPS) is 13.8. The standard InChI is InChI=1S/C28H29N5O5S/c1-4-26(34)32-10-8-31(9-11-32)19-6-5-7-20(13-19)37-17-18-12-21(35-2)14-24-22(18)15-25(38-24)23-16-33-27(29-23)39-28(30-33)36-3/h5-7,12-16H,4,8-11,17H2,1-3H3. The van der Waals surface area contributed by atoms with Crippen LogP contribution in [0.1, 0.15) is 18.9 Å². The van der Waals surface area contributed by atoms with Crippen LogP contribution in [0.2, 0.25) is 0 Å². The minimum Gasteiger partial charge on any atom is -0.497 e. The Morgan fingerprint density at radius 1 is 1.05 bits per heavy atom. The molecule has 2 aromatic carbocycles. The zero-order chi connectivity index (χ0) is 26.9. The second-order valence-corrected chi connectivity index (χ2v) is 10.2. The second kappa shape index (κ2) is 10.5. The highest BCUT2D eigenvalue weighted by molar-refractivity contribution is 7.18. The highest BCUT2D eigenvalue weighted by Gasteiger charge is 2.21. The Labute approximate surface area is 229 Å². The summed E-state index contributed by atoms with van der Waals surface area (Å²) in [5.74, 6) is 2.31. The van der Waals surface area contributed by atoms with Gasteiger partial charge in [-0.3, -0.25) is 4.79 Å². The quantitative estimate of drug-likeness (QED) is 0.272. The number of rotatable bonds is 8. The number of piperazine rings is 1. The third-order valence-electron chi connectivity index (χ3n) is 6.90. The molecule has 1 aliphatic rings. The smallest absolute Gasteiger partial charge is 0.294 e. The van der Waals surface area contributed by atoms with Gasteiger partial charge in [0, 0.05) is 61.4 Å². The Bertz CT molecular complexity index is 1600. The zero-order valence-electron chi connectivity index (χ0n) is 22.0. The summed E-state index contributed by atoms with van der Waals surface area (Å²) in [6.07, 6.45) is 2.37. The van der Waals surface area contributed by atoms with E-state index in [0.717, 1.165) is 53.5 Å². The first-order valence-electron chi connectivity index (χ1n) is 12.8. The number of furan rings is 1. The number of benzene rings is 2. The van der Waals surface area contributed by atoms with E-state index >= 15 is 0 Å². The maximum absolute atomic E-state index is 12.0. The Morgan fingerprint density at radius 2 is 1.90 bits per heavy atom. The Kier molecular flexibility index (Phi) is 6.74. The number of aromatic nitrogens is 3. The van der Waals surface area contributed by atoms with Crippen molar-refractivity contribution in [3.8, 4) is 28.1 Å². The van der Waals surface area contributed by atoms with Gasteiger partial charge in [-0.2, -0.15) is 0 Å². The van der Waals surface area contributed by atoms with Gasteiger partial charge in [-0.15, -0.1) is 5.10 Å². The molecule has 39 heavy (non-hydrogen) atoms. The molecule has 1 amide bonds. The Hall–Kier alpha value is -4.25. The van der Waals surface area contributed by atoms with Crippen LogP contribution in [-0.4, -0.2) is 65.8 Å². The molecule has 1 aliphatic heterocycles. The highest BCUT2D eigenvalue weighted by atomic mass is 32.1. The van der Waals surface area contributed by atoms with Gasteiger partial charge in [0.15, 0.2) is 5.76 Å². The summed E-state index contributed by atoms with van der Waals surface area (Å²) in [5.41, 5.74) is 3.41. The Balaban J connectivity index is 1.21. The van der Waals surface area contributed by atoms with Crippen LogP contribution in [0.4, 0.5) is 5.69 Å². The third-order valence-corrected chi connectivity index (χ3v) is 7.78. The van der Waals surface area contributed by atoms with Crippen molar-refractivity contribution < 1.29 is 23.4 Å². The summed E-state index contributed by atoms with van der Waals surface area (Å²) in [7, 11) is 3.22. The van der Waals surface area contributed by atoms with Gasteiger partial charge in [0.25, 0.3) is 5.19 Å². The fraction of sp³-hybridized carbons (Fsp3) is 0.321. The van der Waals surface area contributed by atoms with Crippen molar-refractivity contribution in [1.82, 2.24) is 19.5 Å². The van der Waals surface area contributed by atoms with E-state index in [0.29, 0.717) is 41.0 Å². The molecular formula is C28H29N5O5S. The van der Waals surface area contributed by atoms with E-state index in [1.165, 1.54) is 11.3 Å². The molecule has 1 saturated heterocycles. The first kappa shape index (κ1) is 25.1. The van der Waals surface area contributed by atoms with Gasteiger partial charge >= 0.3 is 0 Å². The van der Waals surface area contributed by atoms with Crippen molar-refractivity contribution >= 4 is 38.9 Å². The number of carbonyl (C=O) groups is 1. The van der Waals surface area contributed by atoms with Crippen molar-refractivity contribution in [2.75, 3.05) is 45.3 Å². The zero-order valence-corrected chi connectivity index (χ0v) is 22.9. The van der Waals surface area contributed by atoms with E-state index in [2.05, 4.69) is 27.1 Å². The van der Waals surface area contributed by atoms with E-state index in [9.17, 15) is 4.79 Å². The maximum atomic E-state index is 12.0. The monoisotopic (exact) mass is 547 g/mol. The molecular weight excluding hydrogens is 518 g/mol. The average molecular weight is 548 g/mol. The molecule has 10 nitrogen and oxygen atoms in total. The van der Waals surface area contributed by atoms with Gasteiger partial charge in [0.1, 0.15) is 29.4 Å². The molecule has 0 atom stereocenters. The van der Waals surface area contributed by atoms with Crippen LogP contribution in [0.3, 0.4) is 0 Å². The van der Waals surface area contributed by atoms with Crippen molar-refractivity contribution in [3.05, 3.63) is 54.2 Å². The van der Waals surface area contributed by atoms with Crippen molar-refractivity contribution in [1.29, 1.82) is 0 Å². The summed E-state index contributed by atoms with van der Waals surface area (Å²) in [6, 6.07) is 13.9. The fourth-order valence-corrected chi connectivity index (χ4v) is 5.50. The van der Waals surface area contributed by atoms with E-state index < -0.39 is 0 Å². The number of carbonyl (C=O) groups excluding carboxylic acids is 1. The lowest BCUT2D eigenvalue weighted by Gasteiger charge is -2.36. The third kappa shape index (κ3) is 4.97. The van der Waals surface area contributed by atoms with Gasteiger partial charge in [-0.25, -0.2) is 9.50 Å². The predicted octanol–water partition coefficient (Wildman–Crippen LogP) is 4.86. The van der Waals surface area contributed by atoms with E-state index in [1.807, 2.05) is 48.4 Å². The number of fused-ring (bicyclic) bond motifs is 2. The van der Waals surface area contributed by atoms with Crippen molar-refractivity contribution in [2.45, 2.75) is 20.0 Å². The van der Waals surface area contributed by atoms with Crippen molar-refractivity contribution in [2.24, 2.45) is 0 Å². The molecule has 6 rings (SSSR count). The summed E-state index contributed by atoms with van der Waals surface area (Å²) in [4.78, 5) is 21.6. The molecule has 0 spiro atoms. The van der Waals surface area contributed by atoms with E-state index in [1.54, 1.807) is 18.7 Å². The van der Waals surface area contributed by atoms with Crippen LogP contribution in [0.5, 0.6) is 16.7 Å². The molecule has 3 aromatic heterocycles. The number of methoxy groups -OCH3 is 2. The lowest BCUT2D eigenvalue weighted by molar-refractivity contribution is -0.131. The summed E-state index contributed by atoms with van der Waals surface area (Å²) in [6.45, 7) is 5.33. The largest absolute Gasteiger partial charge is 0.497 e. The van der Waals surface area contributed by atoms with Gasteiger partial charge < -0.3 is 28.4 Å². The first-order valence-corrected chi connectivity index (χ1v) is 13.6. The lowest BCUT2D eigenvalue weighted by atomic mass is 10.1. The van der Waals surface area contributed by atoms with Crippen LogP contribution in [-0.2, 0) is 11.4 Å². The minimum absolute atomic E-state index is 0.211. The lowest BCUT2D eigenvalue weighted by Crippen LogP contribution is -2.48. The Morgan fingerprint density at radius 3 is 2.64 bits per heavy atom. The molecule has 0 radical (unpaired) electrons. The molecule has 0 aliphatic carbocycles. The number of imidazole rings is 1. The van der Waals surface area contributed by atoms with Crippen LogP contribution >= 0.6 is 11.3 Å². The van der Waals surface area contributed by atoms with Crippen LogP contribution in [0.15, 0.2) is 53.1 Å². The van der Waals surface area contributed by atoms with Gasteiger partial charge in [-0.05, 0) is 35.6 Å². The highest BCUT2D eigenvalue weighted by Crippen LogP contribution is 2.34. The number of hydrogen-bond donors (Lipinski definition) is 0. The SMILES string of the molecule is CCC(=O)N1CCN(c2cccc(OCc3cc(OC)cc4oc(-c5cn6nc(OC)sc6n5)cc34)c2)CC1. The summed E-state index contributed by atoms with van der Waals surface area (Å²) < 4.78 is 24.8. The number of ether oxygens (including phenoxy) is 3. The van der Waals surface area contributed by atoms with E-state index in [-0.39, 0.29) is 5.91 Å². The fourth-order valence-electron chi connectivity index (χ4n) is 4.80. The molecule has 0 saturated carbocycles. The average Bonchev–Trinajstić information content (AvgIpc) is 3.69. The molecule has 0 bridgehead atoms. The molecule has 0 N–H and O–H groups in total. The molecule has 11 heteroatoms. The number of amides is 1. The van der Waals surface area contributed by atoms with Gasteiger partial charge in [0.2, 0.25) is 10.9 Å². The molecule has 4 heterocycles. The predicted molar refractivity (Wildman–Crippen MR) is 149 cm³/mol. The topological polar surface area (TPSA) is 94.6 Å². The number of anilines is 1.